The number of aliphatic imine (C=N–C) groups is 1. The molecule has 104 valence electrons. The van der Waals surface area contributed by atoms with Crippen LogP contribution in [0.2, 0.25) is 0 Å². The summed E-state index contributed by atoms with van der Waals surface area (Å²) in [5, 5.41) is 0. The van der Waals surface area contributed by atoms with E-state index in [4.69, 9.17) is 10.5 Å². The van der Waals surface area contributed by atoms with Crippen molar-refractivity contribution in [2.45, 2.75) is 51.5 Å². The van der Waals surface area contributed by atoms with Gasteiger partial charge in [0.15, 0.2) is 0 Å². The van der Waals surface area contributed by atoms with Gasteiger partial charge in [0.25, 0.3) is 0 Å². The molecule has 3 nitrogen and oxygen atoms in total. The van der Waals surface area contributed by atoms with E-state index in [2.05, 4.69) is 11.1 Å². The van der Waals surface area contributed by atoms with Crippen LogP contribution in [-0.4, -0.2) is 32.5 Å². The molecule has 0 radical (unpaired) electrons. The number of allylic oxidation sites excluding steroid dienone is 1. The standard InChI is InChI=1S/C15H28N2O/c1-3-13(10-17-2)9-15(16)12-18-11-14-7-5-4-6-8-14/h3,10,14-15H,4-9,11-12,16H2,1-2H3/b13-3-,17-10?/t15-/m0/s1. The largest absolute Gasteiger partial charge is 0.380 e. The van der Waals surface area contributed by atoms with Crippen molar-refractivity contribution in [1.82, 2.24) is 0 Å². The molecule has 0 spiro atoms. The maximum absolute atomic E-state index is 6.07. The van der Waals surface area contributed by atoms with Gasteiger partial charge in [0.05, 0.1) is 6.61 Å². The van der Waals surface area contributed by atoms with Gasteiger partial charge in [-0.2, -0.15) is 0 Å². The number of rotatable bonds is 7. The molecule has 0 bridgehead atoms. The molecular formula is C15H28N2O. The Morgan fingerprint density at radius 1 is 1.39 bits per heavy atom. The molecule has 0 saturated heterocycles. The second-order valence-corrected chi connectivity index (χ2v) is 5.26. The monoisotopic (exact) mass is 252 g/mol. The van der Waals surface area contributed by atoms with Gasteiger partial charge in [-0.05, 0) is 37.7 Å². The van der Waals surface area contributed by atoms with Crippen molar-refractivity contribution < 1.29 is 4.74 Å². The van der Waals surface area contributed by atoms with Crippen LogP contribution in [0.4, 0.5) is 0 Å². The van der Waals surface area contributed by atoms with E-state index in [1.807, 2.05) is 13.1 Å². The zero-order valence-electron chi connectivity index (χ0n) is 11.9. The van der Waals surface area contributed by atoms with Crippen LogP contribution in [-0.2, 0) is 4.74 Å². The predicted octanol–water partition coefficient (Wildman–Crippen LogP) is 2.95. The van der Waals surface area contributed by atoms with Gasteiger partial charge in [-0.15, -0.1) is 0 Å². The molecule has 0 unspecified atom stereocenters. The smallest absolute Gasteiger partial charge is 0.0620 e. The lowest BCUT2D eigenvalue weighted by Crippen LogP contribution is -2.28. The molecule has 1 aliphatic rings. The summed E-state index contributed by atoms with van der Waals surface area (Å²) in [6.45, 7) is 3.57. The van der Waals surface area contributed by atoms with Crippen LogP contribution in [0.1, 0.15) is 45.4 Å². The molecule has 0 aromatic carbocycles. The van der Waals surface area contributed by atoms with Crippen LogP contribution >= 0.6 is 0 Å². The summed E-state index contributed by atoms with van der Waals surface area (Å²) in [6.07, 6.45) is 11.6. The number of nitrogens with two attached hydrogens (primary N) is 1. The van der Waals surface area contributed by atoms with Crippen LogP contribution < -0.4 is 5.73 Å². The Labute approximate surface area is 112 Å². The average molecular weight is 252 g/mol. The first-order valence-corrected chi connectivity index (χ1v) is 7.17. The Morgan fingerprint density at radius 2 is 2.11 bits per heavy atom. The second kappa shape index (κ2) is 9.29. The lowest BCUT2D eigenvalue weighted by atomic mass is 9.90. The molecule has 18 heavy (non-hydrogen) atoms. The molecule has 1 fully saturated rings. The Morgan fingerprint density at radius 3 is 2.72 bits per heavy atom. The SMILES string of the molecule is C/C=C(\C=NC)C[C@H](N)COCC1CCCCC1. The van der Waals surface area contributed by atoms with Crippen LogP contribution in [0.15, 0.2) is 16.6 Å². The van der Waals surface area contributed by atoms with Crippen molar-refractivity contribution >= 4 is 6.21 Å². The van der Waals surface area contributed by atoms with Crippen molar-refractivity contribution in [2.24, 2.45) is 16.6 Å². The number of nitrogens with zero attached hydrogens (tertiary/aromatic N) is 1. The third-order valence-electron chi connectivity index (χ3n) is 3.57. The van der Waals surface area contributed by atoms with E-state index >= 15 is 0 Å². The minimum Gasteiger partial charge on any atom is -0.380 e. The van der Waals surface area contributed by atoms with Crippen molar-refractivity contribution in [3.63, 3.8) is 0 Å². The zero-order chi connectivity index (χ0) is 13.2. The lowest BCUT2D eigenvalue weighted by molar-refractivity contribution is 0.0762. The van der Waals surface area contributed by atoms with Crippen LogP contribution in [0.3, 0.4) is 0 Å². The van der Waals surface area contributed by atoms with Gasteiger partial charge in [0.2, 0.25) is 0 Å². The van der Waals surface area contributed by atoms with E-state index in [0.29, 0.717) is 6.61 Å². The van der Waals surface area contributed by atoms with Crippen molar-refractivity contribution in [2.75, 3.05) is 20.3 Å². The molecule has 0 heterocycles. The Bertz CT molecular complexity index is 268. The average Bonchev–Trinajstić information content (AvgIpc) is 2.39. The topological polar surface area (TPSA) is 47.6 Å². The maximum atomic E-state index is 6.07. The van der Waals surface area contributed by atoms with E-state index in [1.54, 1.807) is 7.05 Å². The fourth-order valence-electron chi connectivity index (χ4n) is 2.51. The van der Waals surface area contributed by atoms with E-state index < -0.39 is 0 Å². The molecule has 1 rings (SSSR count). The summed E-state index contributed by atoms with van der Waals surface area (Å²) >= 11 is 0. The van der Waals surface area contributed by atoms with E-state index in [9.17, 15) is 0 Å². The second-order valence-electron chi connectivity index (χ2n) is 5.26. The van der Waals surface area contributed by atoms with Gasteiger partial charge >= 0.3 is 0 Å². The maximum Gasteiger partial charge on any atom is 0.0620 e. The third-order valence-corrected chi connectivity index (χ3v) is 3.57. The molecule has 3 heteroatoms. The minimum atomic E-state index is 0.0813. The molecular weight excluding hydrogens is 224 g/mol. The number of ether oxygens (including phenoxy) is 1. The summed E-state index contributed by atoms with van der Waals surface area (Å²) in [7, 11) is 1.79. The summed E-state index contributed by atoms with van der Waals surface area (Å²) in [5.74, 6) is 0.768. The summed E-state index contributed by atoms with van der Waals surface area (Å²) in [5.41, 5.74) is 7.25. The highest BCUT2D eigenvalue weighted by Crippen LogP contribution is 2.23. The van der Waals surface area contributed by atoms with Crippen molar-refractivity contribution in [3.05, 3.63) is 11.6 Å². The quantitative estimate of drug-likeness (QED) is 0.708. The Kier molecular flexibility index (Phi) is 7.94. The minimum absolute atomic E-state index is 0.0813. The van der Waals surface area contributed by atoms with Gasteiger partial charge in [-0.3, -0.25) is 4.99 Å². The molecule has 1 aliphatic carbocycles. The highest BCUT2D eigenvalue weighted by atomic mass is 16.5. The van der Waals surface area contributed by atoms with Gasteiger partial charge in [0.1, 0.15) is 0 Å². The molecule has 0 aromatic rings. The lowest BCUT2D eigenvalue weighted by Gasteiger charge is -2.22. The highest BCUT2D eigenvalue weighted by Gasteiger charge is 2.14. The fraction of sp³-hybridized carbons (Fsp3) is 0.800. The Hall–Kier alpha value is -0.670. The first-order valence-electron chi connectivity index (χ1n) is 7.17. The van der Waals surface area contributed by atoms with Crippen LogP contribution in [0.25, 0.3) is 0 Å². The first kappa shape index (κ1) is 15.4. The Balaban J connectivity index is 2.14. The molecule has 1 atom stereocenters. The van der Waals surface area contributed by atoms with Crippen LogP contribution in [0.5, 0.6) is 0 Å². The normalized spacial score (nSPS) is 20.5. The van der Waals surface area contributed by atoms with Crippen LogP contribution in [0, 0.1) is 5.92 Å². The van der Waals surface area contributed by atoms with E-state index in [0.717, 1.165) is 18.9 Å². The fourth-order valence-corrected chi connectivity index (χ4v) is 2.51. The van der Waals surface area contributed by atoms with Gasteiger partial charge in [0, 0.05) is 25.9 Å². The molecule has 1 saturated carbocycles. The third kappa shape index (κ3) is 6.31. The summed E-state index contributed by atoms with van der Waals surface area (Å²) in [6, 6.07) is 0.0813. The number of hydrogen-bond acceptors (Lipinski definition) is 3. The van der Waals surface area contributed by atoms with Crippen molar-refractivity contribution in [3.8, 4) is 0 Å². The molecule has 0 amide bonds. The van der Waals surface area contributed by atoms with E-state index in [-0.39, 0.29) is 6.04 Å². The van der Waals surface area contributed by atoms with E-state index in [1.165, 1.54) is 37.7 Å². The molecule has 0 aromatic heterocycles. The molecule has 0 aliphatic heterocycles. The van der Waals surface area contributed by atoms with Gasteiger partial charge in [-0.25, -0.2) is 0 Å². The highest BCUT2D eigenvalue weighted by molar-refractivity contribution is 5.78. The molecule has 2 N–H and O–H groups in total. The summed E-state index contributed by atoms with van der Waals surface area (Å²) < 4.78 is 5.76. The summed E-state index contributed by atoms with van der Waals surface area (Å²) in [4.78, 5) is 4.02. The van der Waals surface area contributed by atoms with Gasteiger partial charge < -0.3 is 10.5 Å². The predicted molar refractivity (Wildman–Crippen MR) is 78.2 cm³/mol. The first-order chi connectivity index (χ1) is 8.76. The van der Waals surface area contributed by atoms with Gasteiger partial charge in [-0.1, -0.05) is 25.3 Å². The zero-order valence-corrected chi connectivity index (χ0v) is 11.9. The van der Waals surface area contributed by atoms with Crippen molar-refractivity contribution in [1.29, 1.82) is 0 Å². The number of hydrogen-bond donors (Lipinski definition) is 1.